The Balaban J connectivity index is 3.35. The Morgan fingerprint density at radius 3 is 2.43 bits per heavy atom. The maximum Gasteiger partial charge on any atom is 0.161 e. The number of rotatable bonds is 8. The van der Waals surface area contributed by atoms with Crippen LogP contribution in [0.2, 0.25) is 0 Å². The maximum absolute atomic E-state index is 9.92. The summed E-state index contributed by atoms with van der Waals surface area (Å²) in [6, 6.07) is 8.47. The highest BCUT2D eigenvalue weighted by atomic mass is 127. The molecule has 0 N–H and O–H groups in total. The predicted molar refractivity (Wildman–Crippen MR) is 94.4 cm³/mol. The highest BCUT2D eigenvalue weighted by molar-refractivity contribution is 14.1. The van der Waals surface area contributed by atoms with Gasteiger partial charge in [0, 0.05) is 0 Å². The van der Waals surface area contributed by atoms with E-state index in [1.165, 1.54) is 0 Å². The number of alkyl halides is 1. The SMILES string of the molecule is CCC(C)C(C#N)(CCCI)c1ccc(OC)c(OC)c1. The second kappa shape index (κ2) is 8.47. The molecule has 0 aliphatic heterocycles. The maximum atomic E-state index is 9.92. The van der Waals surface area contributed by atoms with Crippen molar-refractivity contribution < 1.29 is 9.47 Å². The lowest BCUT2D eigenvalue weighted by molar-refractivity contribution is 0.326. The molecule has 0 aliphatic rings. The van der Waals surface area contributed by atoms with Crippen molar-refractivity contribution in [2.45, 2.75) is 38.5 Å². The van der Waals surface area contributed by atoms with Crippen LogP contribution in [0.25, 0.3) is 0 Å². The van der Waals surface area contributed by atoms with Crippen molar-refractivity contribution in [1.82, 2.24) is 0 Å². The Morgan fingerprint density at radius 2 is 1.95 bits per heavy atom. The van der Waals surface area contributed by atoms with Gasteiger partial charge in [0.2, 0.25) is 0 Å². The number of nitriles is 1. The Morgan fingerprint density at radius 1 is 1.29 bits per heavy atom. The quantitative estimate of drug-likeness (QED) is 0.467. The van der Waals surface area contributed by atoms with Crippen molar-refractivity contribution in [3.8, 4) is 17.6 Å². The first-order chi connectivity index (χ1) is 10.1. The molecule has 4 heteroatoms. The third kappa shape index (κ3) is 3.82. The molecular formula is C17H24INO2. The van der Waals surface area contributed by atoms with E-state index in [0.717, 1.165) is 29.3 Å². The number of ether oxygens (including phenoxy) is 2. The van der Waals surface area contributed by atoms with E-state index in [0.29, 0.717) is 17.4 Å². The number of halogens is 1. The minimum atomic E-state index is -0.459. The highest BCUT2D eigenvalue weighted by Gasteiger charge is 2.37. The second-order valence-corrected chi connectivity index (χ2v) is 6.33. The second-order valence-electron chi connectivity index (χ2n) is 5.25. The summed E-state index contributed by atoms with van der Waals surface area (Å²) in [7, 11) is 3.25. The Kier molecular flexibility index (Phi) is 7.30. The Hall–Kier alpha value is -0.960. The molecule has 0 fully saturated rings. The van der Waals surface area contributed by atoms with Crippen LogP contribution in [0.5, 0.6) is 11.5 Å². The average Bonchev–Trinajstić information content (AvgIpc) is 2.55. The van der Waals surface area contributed by atoms with Gasteiger partial charge < -0.3 is 9.47 Å². The molecule has 21 heavy (non-hydrogen) atoms. The van der Waals surface area contributed by atoms with Crippen molar-refractivity contribution in [3.05, 3.63) is 23.8 Å². The molecule has 0 radical (unpaired) electrons. The number of nitrogens with zero attached hydrogens (tertiary/aromatic N) is 1. The third-order valence-electron chi connectivity index (χ3n) is 4.26. The summed E-state index contributed by atoms with van der Waals surface area (Å²) in [6.07, 6.45) is 2.88. The van der Waals surface area contributed by atoms with Crippen molar-refractivity contribution in [3.63, 3.8) is 0 Å². The number of benzene rings is 1. The summed E-state index contributed by atoms with van der Waals surface area (Å²) in [5.74, 6) is 1.68. The standard InChI is InChI=1S/C17H24INO2/c1-5-13(2)17(12-19,9-6-10-18)14-7-8-15(20-3)16(11-14)21-4/h7-8,11,13H,5-6,9-10H2,1-4H3. The van der Waals surface area contributed by atoms with Crippen LogP contribution < -0.4 is 9.47 Å². The molecule has 116 valence electrons. The van der Waals surface area contributed by atoms with Crippen molar-refractivity contribution >= 4 is 22.6 Å². The van der Waals surface area contributed by atoms with Gasteiger partial charge in [0.15, 0.2) is 11.5 Å². The molecule has 0 saturated heterocycles. The molecule has 0 saturated carbocycles. The van der Waals surface area contributed by atoms with Crippen LogP contribution in [0.4, 0.5) is 0 Å². The fraction of sp³-hybridized carbons (Fsp3) is 0.588. The fourth-order valence-electron chi connectivity index (χ4n) is 2.71. The van der Waals surface area contributed by atoms with Crippen LogP contribution in [0.15, 0.2) is 18.2 Å². The molecule has 3 nitrogen and oxygen atoms in total. The summed E-state index contributed by atoms with van der Waals surface area (Å²) in [5.41, 5.74) is 0.571. The molecule has 1 aromatic rings. The fourth-order valence-corrected chi connectivity index (χ4v) is 3.10. The summed E-state index contributed by atoms with van der Waals surface area (Å²) in [6.45, 7) is 4.30. The number of hydrogen-bond acceptors (Lipinski definition) is 3. The van der Waals surface area contributed by atoms with Crippen LogP contribution in [-0.4, -0.2) is 18.6 Å². The lowest BCUT2D eigenvalue weighted by atomic mass is 9.68. The Labute approximate surface area is 141 Å². The van der Waals surface area contributed by atoms with Crippen LogP contribution in [-0.2, 0) is 5.41 Å². The molecule has 0 aliphatic carbocycles. The lowest BCUT2D eigenvalue weighted by Gasteiger charge is -2.33. The number of hydrogen-bond donors (Lipinski definition) is 0. The molecule has 0 spiro atoms. The molecule has 0 bridgehead atoms. The smallest absolute Gasteiger partial charge is 0.161 e. The molecule has 1 aromatic carbocycles. The van der Waals surface area contributed by atoms with Crippen molar-refractivity contribution in [2.24, 2.45) is 5.92 Å². The van der Waals surface area contributed by atoms with Crippen LogP contribution >= 0.6 is 22.6 Å². The van der Waals surface area contributed by atoms with Crippen molar-refractivity contribution in [2.75, 3.05) is 18.6 Å². The highest BCUT2D eigenvalue weighted by Crippen LogP contribution is 2.41. The van der Waals surface area contributed by atoms with E-state index >= 15 is 0 Å². The molecule has 1 rings (SSSR count). The first kappa shape index (κ1) is 18.1. The summed E-state index contributed by atoms with van der Waals surface area (Å²) in [5, 5.41) is 9.92. The summed E-state index contributed by atoms with van der Waals surface area (Å²) < 4.78 is 11.8. The Bertz CT molecular complexity index is 498. The van der Waals surface area contributed by atoms with E-state index in [1.807, 2.05) is 18.2 Å². The van der Waals surface area contributed by atoms with Gasteiger partial charge in [-0.05, 0) is 40.9 Å². The van der Waals surface area contributed by atoms with E-state index < -0.39 is 5.41 Å². The van der Waals surface area contributed by atoms with Gasteiger partial charge in [-0.3, -0.25) is 0 Å². The molecular weight excluding hydrogens is 377 g/mol. The minimum Gasteiger partial charge on any atom is -0.493 e. The molecule has 0 aromatic heterocycles. The lowest BCUT2D eigenvalue weighted by Crippen LogP contribution is -2.32. The van der Waals surface area contributed by atoms with Gasteiger partial charge in [0.05, 0.1) is 25.7 Å². The largest absolute Gasteiger partial charge is 0.493 e. The minimum absolute atomic E-state index is 0.295. The van der Waals surface area contributed by atoms with Gasteiger partial charge >= 0.3 is 0 Å². The topological polar surface area (TPSA) is 42.2 Å². The predicted octanol–water partition coefficient (Wildman–Crippen LogP) is 4.73. The zero-order valence-electron chi connectivity index (χ0n) is 13.3. The molecule has 2 unspecified atom stereocenters. The van der Waals surface area contributed by atoms with E-state index in [2.05, 4.69) is 42.5 Å². The van der Waals surface area contributed by atoms with E-state index in [9.17, 15) is 5.26 Å². The van der Waals surface area contributed by atoms with Crippen LogP contribution in [0.1, 0.15) is 38.7 Å². The van der Waals surface area contributed by atoms with Gasteiger partial charge in [-0.25, -0.2) is 0 Å². The molecule has 2 atom stereocenters. The monoisotopic (exact) mass is 401 g/mol. The molecule has 0 amide bonds. The van der Waals surface area contributed by atoms with E-state index in [4.69, 9.17) is 9.47 Å². The van der Waals surface area contributed by atoms with E-state index in [-0.39, 0.29) is 0 Å². The van der Waals surface area contributed by atoms with Crippen LogP contribution in [0.3, 0.4) is 0 Å². The number of methoxy groups -OCH3 is 2. The van der Waals surface area contributed by atoms with Crippen LogP contribution in [0, 0.1) is 17.2 Å². The van der Waals surface area contributed by atoms with Gasteiger partial charge in [-0.1, -0.05) is 48.9 Å². The first-order valence-electron chi connectivity index (χ1n) is 7.29. The van der Waals surface area contributed by atoms with Crippen molar-refractivity contribution in [1.29, 1.82) is 5.26 Å². The van der Waals surface area contributed by atoms with E-state index in [1.54, 1.807) is 14.2 Å². The first-order valence-corrected chi connectivity index (χ1v) is 8.81. The zero-order valence-corrected chi connectivity index (χ0v) is 15.4. The summed E-state index contributed by atoms with van der Waals surface area (Å²) >= 11 is 2.37. The summed E-state index contributed by atoms with van der Waals surface area (Å²) in [4.78, 5) is 0. The normalized spacial score (nSPS) is 14.9. The van der Waals surface area contributed by atoms with Gasteiger partial charge in [-0.2, -0.15) is 5.26 Å². The molecule has 0 heterocycles. The van der Waals surface area contributed by atoms with Gasteiger partial charge in [0.1, 0.15) is 0 Å². The average molecular weight is 401 g/mol. The van der Waals surface area contributed by atoms with Gasteiger partial charge in [0.25, 0.3) is 0 Å². The van der Waals surface area contributed by atoms with Gasteiger partial charge in [-0.15, -0.1) is 0 Å². The zero-order chi connectivity index (χ0) is 15.9. The third-order valence-corrected chi connectivity index (χ3v) is 5.02.